The van der Waals surface area contributed by atoms with Crippen LogP contribution in [-0.4, -0.2) is 250 Å². The summed E-state index contributed by atoms with van der Waals surface area (Å²) in [6.07, 6.45) is -9.55. The number of primary amides is 5. The summed E-state index contributed by atoms with van der Waals surface area (Å²) in [5.74, 6) is -28.2. The van der Waals surface area contributed by atoms with Crippen LogP contribution in [-0.2, 0) is 120 Å². The van der Waals surface area contributed by atoms with E-state index in [4.69, 9.17) is 55.0 Å². The number of fused-ring (bicyclic) bond motifs is 2. The largest absolute Gasteiger partial charge is 0.492 e. The van der Waals surface area contributed by atoms with Crippen molar-refractivity contribution in [3.8, 4) is 5.75 Å². The molecule has 7 rings (SSSR count). The van der Waals surface area contributed by atoms with E-state index in [0.29, 0.717) is 64.5 Å². The second-order valence-electron chi connectivity index (χ2n) is 35.7. The highest BCUT2D eigenvalue weighted by molar-refractivity contribution is 7.99. The minimum Gasteiger partial charge on any atom is -0.492 e. The molecule has 778 valence electrons. The van der Waals surface area contributed by atoms with Crippen molar-refractivity contribution in [2.75, 3.05) is 51.5 Å². The van der Waals surface area contributed by atoms with Crippen LogP contribution in [0.25, 0.3) is 21.7 Å². The average molecular weight is 2000 g/mol. The number of hydrogen-bond donors (Lipinski definition) is 21. The minimum atomic E-state index is -1.98. The van der Waals surface area contributed by atoms with Gasteiger partial charge in [0.05, 0.1) is 54.4 Å². The van der Waals surface area contributed by atoms with Gasteiger partial charge >= 0.3 is 5.97 Å². The maximum Gasteiger partial charge on any atom is 0.303 e. The molecular weight excluding hydrogens is 1860 g/mol. The number of thioether (sulfide) groups is 1. The lowest BCUT2D eigenvalue weighted by Crippen LogP contribution is -2.59. The Labute approximate surface area is 828 Å². The van der Waals surface area contributed by atoms with E-state index < -0.39 is 296 Å². The third-order valence-corrected chi connectivity index (χ3v) is 25.7. The summed E-state index contributed by atoms with van der Waals surface area (Å²) in [7, 11) is 1.71. The first-order valence-electron chi connectivity index (χ1n) is 47.8. The van der Waals surface area contributed by atoms with Crippen molar-refractivity contribution in [2.24, 2.45) is 69.7 Å². The molecule has 0 radical (unpaired) electrons. The lowest BCUT2D eigenvalue weighted by atomic mass is 9.79. The zero-order valence-corrected chi connectivity index (χ0v) is 81.8. The maximum atomic E-state index is 16.1. The fraction of sp³-hybridized carbons (Fsp3) is 0.541. The molecule has 142 heavy (non-hydrogen) atoms. The van der Waals surface area contributed by atoms with E-state index in [1.807, 2.05) is 19.9 Å². The zero-order valence-electron chi connectivity index (χ0n) is 81.0. The number of para-hydroxylation sites is 1. The van der Waals surface area contributed by atoms with Gasteiger partial charge in [0.2, 0.25) is 82.7 Å². The Hall–Kier alpha value is -13.5. The number of Topliss-reactive ketones (excluding diaryl/α,β-unsaturated/α-hetero) is 5. The lowest BCUT2D eigenvalue weighted by Gasteiger charge is -2.38. The summed E-state index contributed by atoms with van der Waals surface area (Å²) in [5.41, 5.74) is 39.4. The van der Waals surface area contributed by atoms with Gasteiger partial charge in [-0.1, -0.05) is 93.1 Å². The number of rotatable bonds is 54. The Balaban J connectivity index is 0.0000119. The van der Waals surface area contributed by atoms with Gasteiger partial charge in [0.15, 0.2) is 28.9 Å². The third-order valence-electron chi connectivity index (χ3n) is 24.5. The molecule has 14 amide bonds. The summed E-state index contributed by atoms with van der Waals surface area (Å²) < 4.78 is 11.5. The number of aromatic amines is 1. The first-order chi connectivity index (χ1) is 67.5. The topological polar surface area (TPSA) is 742 Å². The Morgan fingerprint density at radius 1 is 0.599 bits per heavy atom. The van der Waals surface area contributed by atoms with Crippen LogP contribution in [0.3, 0.4) is 0 Å². The standard InChI is InChI=1S/C96H133N19O24S.C2H6.H2/c1-53(116)86-95(137)113-74(43-63-51-106-67-15-7-6-14-66(63)67)94(136)108-68(27-29-82(101)124)76(119)47-64(52-140-39-31-69(75(118)44-59(89(131)114-86)23-28-81(100)123)109-93(135)71(107-54(2)117)17-8-9-18-80(98)99)91(133)111-72(42-55-20-25-65(26-21-55)139-38-34-97)77(120)45-61(41-56-19-22-57-12-4-5-13-58(57)40-56)92(134)115-96(32-36-138-37-33-96)79(122)48-60(24-30-85(127)128)88(130)112-73(50-84(103)126)78(121)46-62(49-83(102)125)90(132)110-70(87(104)129)16-10-11-35-105-3;1-2;/h4-7,12-15,19-22,25-26,40,51,53,59-62,64,68-74,86,105-106,116H,8-11,16-18,23-24,27-39,41-50,52,97H2,1-3H3,(H3,98,99)(H2,100,123)(H2,101,124)(H2,102,125)(H2,103,126)(H2,104,129)(H,107,117)(H,108,136)(H,109,135)(H,110,132)(H,111,133)(H,112,130)(H,113,137)(H,114,131)(H,115,134)(H,127,128);1-2H3;1H/i;;1+1. The molecule has 2 fully saturated rings. The molecule has 14 unspecified atom stereocenters. The number of aromatic nitrogens is 1. The molecule has 0 saturated carbocycles. The molecule has 0 spiro atoms. The predicted octanol–water partition coefficient (Wildman–Crippen LogP) is 0.435. The van der Waals surface area contributed by atoms with E-state index in [1.165, 1.54) is 0 Å². The number of carboxylic acids is 1. The number of H-pyrrole nitrogens is 1. The van der Waals surface area contributed by atoms with Crippen molar-refractivity contribution in [1.82, 2.24) is 58.2 Å². The Morgan fingerprint density at radius 3 is 1.86 bits per heavy atom. The second kappa shape index (κ2) is 60.0. The van der Waals surface area contributed by atoms with E-state index in [-0.39, 0.29) is 104 Å². The number of ketones is 5. The number of aliphatic hydroxyl groups is 1. The van der Waals surface area contributed by atoms with E-state index in [2.05, 4.69) is 58.2 Å². The minimum absolute atomic E-state index is 0. The molecule has 2 saturated heterocycles. The number of carbonyl (C=O) groups excluding carboxylic acids is 19. The monoisotopic (exact) mass is 2000 g/mol. The highest BCUT2D eigenvalue weighted by atomic mass is 32.2. The van der Waals surface area contributed by atoms with Crippen LogP contribution >= 0.6 is 11.8 Å². The average Bonchev–Trinajstić information content (AvgIpc) is 1.64. The maximum absolute atomic E-state index is 16.1. The molecule has 14 atom stereocenters. The van der Waals surface area contributed by atoms with E-state index in [9.17, 15) is 72.5 Å². The van der Waals surface area contributed by atoms with Crippen molar-refractivity contribution in [3.05, 3.63) is 114 Å². The van der Waals surface area contributed by atoms with Gasteiger partial charge in [0.25, 0.3) is 0 Å². The van der Waals surface area contributed by atoms with E-state index >= 15 is 33.6 Å². The number of ether oxygens (including phenoxy) is 2. The quantitative estimate of drug-likeness (QED) is 0.0143. The van der Waals surface area contributed by atoms with Gasteiger partial charge < -0.3 is 118 Å². The highest BCUT2D eigenvalue weighted by Crippen LogP contribution is 2.32. The van der Waals surface area contributed by atoms with Crippen molar-refractivity contribution < 1.29 is 117 Å². The summed E-state index contributed by atoms with van der Waals surface area (Å²) in [6, 6.07) is 12.6. The van der Waals surface area contributed by atoms with Gasteiger partial charge in [0.1, 0.15) is 42.1 Å². The Morgan fingerprint density at radius 2 is 1.22 bits per heavy atom. The molecule has 2 aliphatic rings. The zero-order chi connectivity index (χ0) is 105. The molecule has 5 aromatic rings. The molecule has 0 bridgehead atoms. The number of unbranched alkanes of at least 4 members (excludes halogenated alkanes) is 2. The van der Waals surface area contributed by atoms with Gasteiger partial charge in [-0.15, -0.1) is 0 Å². The van der Waals surface area contributed by atoms with Crippen LogP contribution in [0.5, 0.6) is 5.75 Å². The van der Waals surface area contributed by atoms with Gasteiger partial charge in [-0.2, -0.15) is 11.8 Å². The highest BCUT2D eigenvalue weighted by Gasteiger charge is 2.46. The van der Waals surface area contributed by atoms with Crippen molar-refractivity contribution in [3.63, 3.8) is 0 Å². The first-order valence-corrected chi connectivity index (χ1v) is 49.0. The van der Waals surface area contributed by atoms with Gasteiger partial charge in [-0.25, -0.2) is 0 Å². The number of amidine groups is 1. The van der Waals surface area contributed by atoms with Gasteiger partial charge in [0, 0.05) is 152 Å². The third kappa shape index (κ3) is 39.6. The van der Waals surface area contributed by atoms with E-state index in [0.717, 1.165) is 31.0 Å². The molecule has 28 N–H and O–H groups in total. The van der Waals surface area contributed by atoms with E-state index in [1.54, 1.807) is 98.2 Å². The van der Waals surface area contributed by atoms with Gasteiger partial charge in [-0.05, 0) is 143 Å². The number of aliphatic carboxylic acids is 1. The molecule has 43 nitrogen and oxygen atoms in total. The molecule has 1 aromatic heterocycles. The molecule has 3 heterocycles. The molecular formula is C98H141N19O24S. The number of carbonyl (C=O) groups is 20. The normalized spacial score (nSPS) is 18.8. The van der Waals surface area contributed by atoms with Crippen LogP contribution in [0.2, 0.25) is 0 Å². The molecule has 2 aliphatic heterocycles. The number of carboxylic acid groups (broad SMARTS) is 1. The summed E-state index contributed by atoms with van der Waals surface area (Å²) in [6.45, 7) is 6.68. The molecule has 4 aromatic carbocycles. The van der Waals surface area contributed by atoms with Crippen LogP contribution in [0.1, 0.15) is 193 Å². The summed E-state index contributed by atoms with van der Waals surface area (Å²) in [4.78, 5) is 288. The Bertz CT molecular complexity index is 5250. The fourth-order valence-electron chi connectivity index (χ4n) is 16.8. The van der Waals surface area contributed by atoms with Crippen molar-refractivity contribution >= 4 is 157 Å². The SMILES string of the molecule is CC.CNCCCCC(NC(=O)C(CC(N)=O)CC(=O)C(CC(N)=O)NC(=O)C(CCC(=O)O)CC(=O)C1(NC(=O)C(CC(=O)C(Cc2ccc(OCCN)cc2)NC(=O)C2CSCCC(NC(=O)C(CCCCC(=N)N)NC(C)=O)C(=O)CC(CCC(N)=O)C(=O)NC(C(C)O)C(=O)NC(Cc3c[nH]c4ccccc34)C(=O)NC(CCC(N)=O)C(=O)C2)Cc2ccc3ccccc3c2)CCOCC1)C(N)=O.[2HH]. The molecule has 44 heteroatoms. The van der Waals surface area contributed by atoms with Crippen LogP contribution < -0.4 is 98.0 Å². The number of nitrogens with one attached hydrogen (secondary N) is 12. The van der Waals surface area contributed by atoms with Crippen molar-refractivity contribution in [1.29, 1.82) is 5.41 Å². The lowest BCUT2D eigenvalue weighted by molar-refractivity contribution is -0.142. The van der Waals surface area contributed by atoms with Crippen LogP contribution in [0.4, 0.5) is 0 Å². The summed E-state index contributed by atoms with van der Waals surface area (Å²) >= 11 is 0.949. The number of amides is 14. The smallest absolute Gasteiger partial charge is 0.303 e. The number of benzene rings is 4. The van der Waals surface area contributed by atoms with Gasteiger partial charge in [-0.3, -0.25) is 101 Å². The van der Waals surface area contributed by atoms with Crippen molar-refractivity contribution in [2.45, 2.75) is 255 Å². The number of aliphatic hydroxyl groups excluding tert-OH is 1. The predicted molar refractivity (Wildman–Crippen MR) is 528 cm³/mol. The Kier molecular flexibility index (Phi) is 49.5. The van der Waals surface area contributed by atoms with Crippen LogP contribution in [0.15, 0.2) is 97.2 Å². The summed E-state index contributed by atoms with van der Waals surface area (Å²) in [5, 5.41) is 57.8. The second-order valence-corrected chi connectivity index (χ2v) is 36.8. The molecule has 0 aliphatic carbocycles. The number of nitrogens with two attached hydrogens (primary N) is 7. The first kappa shape index (κ1) is 117. The van der Waals surface area contributed by atoms with Crippen LogP contribution in [0, 0.1) is 35.0 Å². The fourth-order valence-corrected chi connectivity index (χ4v) is 17.9. The number of hydrogen-bond acceptors (Lipinski definition) is 27.